The van der Waals surface area contributed by atoms with Gasteiger partial charge >= 0.3 is 5.69 Å². The fourth-order valence-corrected chi connectivity index (χ4v) is 2.17. The molecule has 0 spiro atoms. The average molecular weight is 250 g/mol. The van der Waals surface area contributed by atoms with Crippen LogP contribution < -0.4 is 10.6 Å². The Bertz CT molecular complexity index is 430. The summed E-state index contributed by atoms with van der Waals surface area (Å²) in [6, 6.07) is 3.16. The van der Waals surface area contributed by atoms with Gasteiger partial charge in [-0.2, -0.15) is 0 Å². The third kappa shape index (κ3) is 3.16. The Balaban J connectivity index is 2.03. The maximum Gasteiger partial charge on any atom is 0.311 e. The Hall–Kier alpha value is -1.69. The molecule has 0 aliphatic carbocycles. The molecular formula is C12H18N4O2. The maximum atomic E-state index is 10.9. The maximum absolute atomic E-state index is 10.9. The van der Waals surface area contributed by atoms with Gasteiger partial charge in [-0.1, -0.05) is 0 Å². The summed E-state index contributed by atoms with van der Waals surface area (Å²) >= 11 is 0. The summed E-state index contributed by atoms with van der Waals surface area (Å²) < 4.78 is 0. The fraction of sp³-hybridized carbons (Fsp3) is 0.583. The monoisotopic (exact) mass is 250 g/mol. The highest BCUT2D eigenvalue weighted by Crippen LogP contribution is 2.22. The number of pyridine rings is 1. The van der Waals surface area contributed by atoms with Crippen LogP contribution in [-0.2, 0) is 0 Å². The zero-order valence-corrected chi connectivity index (χ0v) is 10.5. The van der Waals surface area contributed by atoms with E-state index < -0.39 is 4.92 Å². The van der Waals surface area contributed by atoms with Crippen LogP contribution in [0.25, 0.3) is 0 Å². The van der Waals surface area contributed by atoms with E-state index in [4.69, 9.17) is 0 Å². The number of aromatic nitrogens is 1. The number of anilines is 1. The second kappa shape index (κ2) is 5.77. The molecule has 98 valence electrons. The van der Waals surface area contributed by atoms with Gasteiger partial charge in [-0.3, -0.25) is 10.1 Å². The van der Waals surface area contributed by atoms with Crippen LogP contribution in [0.5, 0.6) is 0 Å². The third-order valence-electron chi connectivity index (χ3n) is 3.17. The highest BCUT2D eigenvalue weighted by atomic mass is 16.6. The molecule has 1 saturated heterocycles. The number of hydrogen-bond donors (Lipinski definition) is 2. The number of nitro groups is 1. The van der Waals surface area contributed by atoms with Gasteiger partial charge in [0.15, 0.2) is 0 Å². The van der Waals surface area contributed by atoms with Crippen LogP contribution in [0.2, 0.25) is 0 Å². The molecule has 0 amide bonds. The topological polar surface area (TPSA) is 80.1 Å². The van der Waals surface area contributed by atoms with Crippen LogP contribution in [0.4, 0.5) is 11.5 Å². The van der Waals surface area contributed by atoms with E-state index in [1.54, 1.807) is 6.07 Å². The van der Waals surface area contributed by atoms with Crippen LogP contribution in [0.15, 0.2) is 12.1 Å². The zero-order chi connectivity index (χ0) is 13.0. The minimum absolute atomic E-state index is 0.0457. The van der Waals surface area contributed by atoms with Gasteiger partial charge in [0.05, 0.1) is 4.92 Å². The van der Waals surface area contributed by atoms with Crippen molar-refractivity contribution >= 4 is 11.5 Å². The Labute approximate surface area is 106 Å². The Kier molecular flexibility index (Phi) is 4.09. The number of nitrogens with one attached hydrogen (secondary N) is 2. The quantitative estimate of drug-likeness (QED) is 0.628. The van der Waals surface area contributed by atoms with Gasteiger partial charge in [0.1, 0.15) is 0 Å². The normalized spacial score (nSPS) is 19.5. The summed E-state index contributed by atoms with van der Waals surface area (Å²) in [6.07, 6.45) is 2.31. The second-order valence-electron chi connectivity index (χ2n) is 4.67. The van der Waals surface area contributed by atoms with Crippen LogP contribution >= 0.6 is 0 Å². The van der Waals surface area contributed by atoms with Crippen molar-refractivity contribution in [3.8, 4) is 0 Å². The minimum atomic E-state index is -0.395. The molecule has 2 N–H and O–H groups in total. The van der Waals surface area contributed by atoms with Crippen molar-refractivity contribution in [2.24, 2.45) is 5.92 Å². The van der Waals surface area contributed by atoms with E-state index in [2.05, 4.69) is 15.6 Å². The van der Waals surface area contributed by atoms with E-state index in [9.17, 15) is 10.1 Å². The lowest BCUT2D eigenvalue weighted by Gasteiger charge is -2.23. The van der Waals surface area contributed by atoms with E-state index >= 15 is 0 Å². The standard InChI is InChI=1S/C12H18N4O2/c1-9-4-5-11(16(17)18)12(15-9)14-8-10-3-2-6-13-7-10/h4-5,10,13H,2-3,6-8H2,1H3,(H,14,15). The minimum Gasteiger partial charge on any atom is -0.364 e. The molecule has 18 heavy (non-hydrogen) atoms. The number of nitrogens with zero attached hydrogens (tertiary/aromatic N) is 2. The molecule has 0 bridgehead atoms. The Morgan fingerprint density at radius 3 is 3.11 bits per heavy atom. The highest BCUT2D eigenvalue weighted by Gasteiger charge is 2.18. The van der Waals surface area contributed by atoms with Crippen molar-refractivity contribution in [2.45, 2.75) is 19.8 Å². The molecule has 1 aliphatic rings. The highest BCUT2D eigenvalue weighted by molar-refractivity contribution is 5.56. The van der Waals surface area contributed by atoms with E-state index in [0.29, 0.717) is 11.7 Å². The molecule has 1 fully saturated rings. The predicted molar refractivity (Wildman–Crippen MR) is 69.7 cm³/mol. The smallest absolute Gasteiger partial charge is 0.311 e. The van der Waals surface area contributed by atoms with Crippen LogP contribution in [0, 0.1) is 23.0 Å². The van der Waals surface area contributed by atoms with Gasteiger partial charge in [-0.25, -0.2) is 4.98 Å². The summed E-state index contributed by atoms with van der Waals surface area (Å²) in [5, 5.41) is 17.3. The van der Waals surface area contributed by atoms with Gasteiger partial charge in [0.2, 0.25) is 5.82 Å². The molecule has 1 aliphatic heterocycles. The zero-order valence-electron chi connectivity index (χ0n) is 10.5. The largest absolute Gasteiger partial charge is 0.364 e. The first-order valence-electron chi connectivity index (χ1n) is 6.23. The van der Waals surface area contributed by atoms with Crippen LogP contribution in [-0.4, -0.2) is 29.5 Å². The van der Waals surface area contributed by atoms with Crippen molar-refractivity contribution < 1.29 is 4.92 Å². The first-order chi connectivity index (χ1) is 8.66. The fourth-order valence-electron chi connectivity index (χ4n) is 2.17. The average Bonchev–Trinajstić information content (AvgIpc) is 2.37. The summed E-state index contributed by atoms with van der Waals surface area (Å²) in [7, 11) is 0. The van der Waals surface area contributed by atoms with Crippen LogP contribution in [0.1, 0.15) is 18.5 Å². The molecule has 0 aromatic carbocycles. The van der Waals surface area contributed by atoms with E-state index in [1.807, 2.05) is 6.92 Å². The van der Waals surface area contributed by atoms with Crippen molar-refractivity contribution in [3.05, 3.63) is 27.9 Å². The van der Waals surface area contributed by atoms with Crippen molar-refractivity contribution in [1.29, 1.82) is 0 Å². The third-order valence-corrected chi connectivity index (χ3v) is 3.17. The van der Waals surface area contributed by atoms with Gasteiger partial charge in [0, 0.05) is 18.3 Å². The van der Waals surface area contributed by atoms with E-state index in [0.717, 1.165) is 38.2 Å². The first kappa shape index (κ1) is 12.8. The molecule has 1 atom stereocenters. The number of rotatable bonds is 4. The number of aryl methyl sites for hydroxylation is 1. The van der Waals surface area contributed by atoms with Gasteiger partial charge in [-0.05, 0) is 44.8 Å². The molecule has 2 heterocycles. The van der Waals surface area contributed by atoms with Crippen LogP contribution in [0.3, 0.4) is 0 Å². The lowest BCUT2D eigenvalue weighted by molar-refractivity contribution is -0.384. The van der Waals surface area contributed by atoms with E-state index in [1.165, 1.54) is 6.07 Å². The molecule has 2 rings (SSSR count). The molecular weight excluding hydrogens is 232 g/mol. The second-order valence-corrected chi connectivity index (χ2v) is 4.67. The molecule has 1 aromatic rings. The van der Waals surface area contributed by atoms with Gasteiger partial charge < -0.3 is 10.6 Å². The van der Waals surface area contributed by atoms with Crippen molar-refractivity contribution in [2.75, 3.05) is 25.0 Å². The Morgan fingerprint density at radius 1 is 1.61 bits per heavy atom. The summed E-state index contributed by atoms with van der Waals surface area (Å²) in [4.78, 5) is 14.7. The predicted octanol–water partition coefficient (Wildman–Crippen LogP) is 1.71. The molecule has 0 radical (unpaired) electrons. The SMILES string of the molecule is Cc1ccc([N+](=O)[O-])c(NCC2CCCNC2)n1. The molecule has 1 unspecified atom stereocenters. The lowest BCUT2D eigenvalue weighted by Crippen LogP contribution is -2.33. The lowest BCUT2D eigenvalue weighted by atomic mass is 10.00. The van der Waals surface area contributed by atoms with E-state index in [-0.39, 0.29) is 5.69 Å². The first-order valence-corrected chi connectivity index (χ1v) is 6.23. The Morgan fingerprint density at radius 2 is 2.44 bits per heavy atom. The number of hydrogen-bond acceptors (Lipinski definition) is 5. The van der Waals surface area contributed by atoms with Crippen molar-refractivity contribution in [3.63, 3.8) is 0 Å². The number of piperidine rings is 1. The summed E-state index contributed by atoms with van der Waals surface area (Å²) in [5.74, 6) is 0.895. The molecule has 0 saturated carbocycles. The van der Waals surface area contributed by atoms with Crippen molar-refractivity contribution in [1.82, 2.24) is 10.3 Å². The molecule has 1 aromatic heterocycles. The van der Waals surface area contributed by atoms with Gasteiger partial charge in [0.25, 0.3) is 0 Å². The van der Waals surface area contributed by atoms with Gasteiger partial charge in [-0.15, -0.1) is 0 Å². The molecule has 6 heteroatoms. The summed E-state index contributed by atoms with van der Waals surface area (Å²) in [6.45, 7) is 4.59. The molecule has 6 nitrogen and oxygen atoms in total. The summed E-state index contributed by atoms with van der Waals surface area (Å²) in [5.41, 5.74) is 0.828.